The van der Waals surface area contributed by atoms with Crippen molar-refractivity contribution >= 4 is 29.6 Å². The van der Waals surface area contributed by atoms with Gasteiger partial charge in [0.2, 0.25) is 5.91 Å². The Morgan fingerprint density at radius 2 is 1.18 bits per heavy atom. The molecular weight excluding hydrogens is 978 g/mol. The lowest BCUT2D eigenvalue weighted by Gasteiger charge is -2.25. The second-order valence-electron chi connectivity index (χ2n) is 21.7. The smallest absolute Gasteiger partial charge is 0.416 e. The number of ether oxygens (including phenoxy) is 2. The zero-order valence-corrected chi connectivity index (χ0v) is 45.6. The summed E-state index contributed by atoms with van der Waals surface area (Å²) in [6.07, 6.45) is 2.78. The number of aromatic nitrogens is 2. The molecule has 0 unspecified atom stereocenters. The van der Waals surface area contributed by atoms with Crippen molar-refractivity contribution in [2.24, 2.45) is 0 Å². The molecule has 1 fully saturated rings. The van der Waals surface area contributed by atoms with Crippen molar-refractivity contribution < 1.29 is 43.1 Å². The van der Waals surface area contributed by atoms with Crippen LogP contribution in [0, 0.1) is 0 Å². The molecule has 404 valence electrons. The molecule has 3 atom stereocenters. The van der Waals surface area contributed by atoms with E-state index >= 15 is 0 Å². The van der Waals surface area contributed by atoms with Gasteiger partial charge in [-0.3, -0.25) is 9.59 Å². The highest BCUT2D eigenvalue weighted by atomic mass is 35.5. The first-order valence-corrected chi connectivity index (χ1v) is 26.1. The summed E-state index contributed by atoms with van der Waals surface area (Å²) in [7, 11) is 0. The molecule has 2 N–H and O–H groups in total. The van der Waals surface area contributed by atoms with E-state index in [0.29, 0.717) is 42.1 Å². The monoisotopic (exact) mass is 1050 g/mol. The van der Waals surface area contributed by atoms with Crippen molar-refractivity contribution in [2.45, 2.75) is 149 Å². The van der Waals surface area contributed by atoms with Crippen LogP contribution in [0.5, 0.6) is 11.5 Å². The zero-order chi connectivity index (χ0) is 54.5. The van der Waals surface area contributed by atoms with E-state index in [0.717, 1.165) is 28.0 Å². The van der Waals surface area contributed by atoms with E-state index in [-0.39, 0.29) is 61.3 Å². The molecule has 1 aliphatic heterocycles. The van der Waals surface area contributed by atoms with Crippen LogP contribution in [0.1, 0.15) is 175 Å². The number of carboxylic acid groups (broad SMARTS) is 1. The number of cyclic esters (lactones) is 1. The quantitative estimate of drug-likeness (QED) is 0.0885. The molecule has 0 bridgehead atoms. The minimum Gasteiger partial charge on any atom is -0.508 e. The number of imide groups is 1. The van der Waals surface area contributed by atoms with Gasteiger partial charge in [-0.05, 0) is 103 Å². The van der Waals surface area contributed by atoms with Crippen molar-refractivity contribution in [2.75, 3.05) is 6.61 Å². The molecule has 13 heteroatoms. The van der Waals surface area contributed by atoms with Crippen LogP contribution in [0.3, 0.4) is 0 Å². The van der Waals surface area contributed by atoms with E-state index in [2.05, 4.69) is 116 Å². The highest BCUT2D eigenvalue weighted by molar-refractivity contribution is 6.17. The number of alkyl halides is 1. The first-order chi connectivity index (χ1) is 35.6. The maximum absolute atomic E-state index is 13.1. The number of rotatable bonds is 16. The number of phenolic OH excluding ortho intramolecular Hbond substituents is 1. The van der Waals surface area contributed by atoms with E-state index in [1.165, 1.54) is 45.2 Å². The van der Waals surface area contributed by atoms with E-state index < -0.39 is 18.0 Å². The van der Waals surface area contributed by atoms with Crippen molar-refractivity contribution in [3.05, 3.63) is 201 Å². The number of aromatic hydroxyl groups is 1. The summed E-state index contributed by atoms with van der Waals surface area (Å²) in [5.41, 5.74) is 12.1. The summed E-state index contributed by atoms with van der Waals surface area (Å²) in [5, 5.41) is 26.7. The number of benzene rings is 5. The van der Waals surface area contributed by atoms with Crippen LogP contribution >= 0.6 is 11.6 Å². The molecule has 0 radical (unpaired) electrons. The predicted molar refractivity (Wildman–Crippen MR) is 299 cm³/mol. The minimum atomic E-state index is -0.881. The fourth-order valence-corrected chi connectivity index (χ4v) is 9.39. The standard InChI is InChI=1S/C26H31NO4.C22H20N2O5.C14H21Cl.CH4/c1-17(2)21-14-18(6-11-23(21)26(3,4)5)16-30-20-9-7-19(8-10-20)22(15-25(28)29)24-12-13-31-27-24;25-18-8-6-16(7-9-18)19(20-10-11-29-23-20)13-21(26)24-17(14-28-22(24)27)12-15-4-2-1-3-5-15;1-10(2)12-8-11(9-15)6-7-13(12)14(3,4)5;/h6-14,17,22H,15-16H2,1-5H3,(H,28,29);1-11,17,19,25H,12-14H2;6-8,10H,9H2,1-5H3;1H4/t22-;17-,19-;;/m00../s1. The van der Waals surface area contributed by atoms with Gasteiger partial charge < -0.3 is 28.7 Å². The van der Waals surface area contributed by atoms with Crippen LogP contribution in [0.25, 0.3) is 0 Å². The highest BCUT2D eigenvalue weighted by Gasteiger charge is 2.39. The molecule has 0 aliphatic carbocycles. The summed E-state index contributed by atoms with van der Waals surface area (Å²) < 4.78 is 21.0. The molecule has 0 spiro atoms. The molecule has 7 aromatic rings. The summed E-state index contributed by atoms with van der Waals surface area (Å²) >= 11 is 5.87. The Bertz CT molecular complexity index is 2900. The third kappa shape index (κ3) is 16.4. The van der Waals surface area contributed by atoms with Crippen LogP contribution in [-0.4, -0.2) is 56.0 Å². The number of nitrogens with zero attached hydrogens (tertiary/aromatic N) is 3. The number of hydrogen-bond donors (Lipinski definition) is 2. The summed E-state index contributed by atoms with van der Waals surface area (Å²) in [4.78, 5) is 37.9. The highest BCUT2D eigenvalue weighted by Crippen LogP contribution is 2.35. The number of halogens is 1. The van der Waals surface area contributed by atoms with Crippen molar-refractivity contribution in [1.29, 1.82) is 0 Å². The fourth-order valence-electron chi connectivity index (χ4n) is 9.23. The van der Waals surface area contributed by atoms with E-state index in [9.17, 15) is 24.6 Å². The molecule has 0 saturated carbocycles. The molecule has 76 heavy (non-hydrogen) atoms. The minimum absolute atomic E-state index is 0. The normalized spacial score (nSPS) is 14.1. The van der Waals surface area contributed by atoms with Gasteiger partial charge in [-0.1, -0.05) is 178 Å². The van der Waals surface area contributed by atoms with E-state index in [4.69, 9.17) is 30.1 Å². The van der Waals surface area contributed by atoms with Gasteiger partial charge in [-0.25, -0.2) is 9.69 Å². The van der Waals surface area contributed by atoms with Gasteiger partial charge in [-0.2, -0.15) is 0 Å². The maximum atomic E-state index is 13.1. The van der Waals surface area contributed by atoms with Crippen molar-refractivity contribution in [3.63, 3.8) is 0 Å². The van der Waals surface area contributed by atoms with Gasteiger partial charge in [0.05, 0.1) is 23.9 Å². The average Bonchev–Trinajstić information content (AvgIpc) is 4.19. The van der Waals surface area contributed by atoms with E-state index in [1.807, 2.05) is 54.6 Å². The second kappa shape index (κ2) is 27.0. The Morgan fingerprint density at radius 3 is 1.66 bits per heavy atom. The number of hydrogen-bond acceptors (Lipinski definition) is 10. The molecule has 5 aromatic carbocycles. The van der Waals surface area contributed by atoms with Gasteiger partial charge >= 0.3 is 12.1 Å². The van der Waals surface area contributed by atoms with Gasteiger partial charge in [0.1, 0.15) is 37.2 Å². The molecule has 1 aliphatic rings. The Labute approximate surface area is 454 Å². The van der Waals surface area contributed by atoms with Crippen molar-refractivity contribution in [3.8, 4) is 11.5 Å². The Kier molecular flexibility index (Phi) is 21.2. The Hall–Kier alpha value is -7.18. The molecule has 1 saturated heterocycles. The molecule has 3 heterocycles. The third-order valence-corrected chi connectivity index (χ3v) is 13.5. The van der Waals surface area contributed by atoms with Crippen LogP contribution in [0.15, 0.2) is 149 Å². The summed E-state index contributed by atoms with van der Waals surface area (Å²) in [6, 6.07) is 40.0. The molecule has 2 aromatic heterocycles. The largest absolute Gasteiger partial charge is 0.508 e. The average molecular weight is 1050 g/mol. The van der Waals surface area contributed by atoms with Crippen LogP contribution < -0.4 is 4.74 Å². The summed E-state index contributed by atoms with van der Waals surface area (Å²) in [5.74, 6) is 0.482. The fraction of sp³-hybridized carbons (Fsp3) is 0.381. The van der Waals surface area contributed by atoms with Gasteiger partial charge in [-0.15, -0.1) is 11.6 Å². The van der Waals surface area contributed by atoms with Gasteiger partial charge in [0.25, 0.3) is 0 Å². The van der Waals surface area contributed by atoms with Crippen molar-refractivity contribution in [1.82, 2.24) is 15.2 Å². The molecular formula is C63H76ClN3O9. The first-order valence-electron chi connectivity index (χ1n) is 25.5. The van der Waals surface area contributed by atoms with Crippen LogP contribution in [-0.2, 0) is 44.1 Å². The Balaban J connectivity index is 0.000000221. The van der Waals surface area contributed by atoms with Gasteiger partial charge in [0.15, 0.2) is 0 Å². The number of phenols is 1. The Morgan fingerprint density at radius 1 is 0.684 bits per heavy atom. The number of amides is 2. The number of aliphatic carboxylic acids is 1. The van der Waals surface area contributed by atoms with E-state index in [1.54, 1.807) is 36.4 Å². The second-order valence-corrected chi connectivity index (χ2v) is 21.9. The third-order valence-electron chi connectivity index (χ3n) is 13.2. The first kappa shape index (κ1) is 59.7. The molecule has 12 nitrogen and oxygen atoms in total. The number of carboxylic acids is 1. The number of carbonyl (C=O) groups excluding carboxylic acids is 2. The topological polar surface area (TPSA) is 165 Å². The lowest BCUT2D eigenvalue weighted by atomic mass is 9.80. The van der Waals surface area contributed by atoms with Crippen LogP contribution in [0.4, 0.5) is 4.79 Å². The zero-order valence-electron chi connectivity index (χ0n) is 44.9. The maximum Gasteiger partial charge on any atom is 0.416 e. The SMILES string of the molecule is C.CC(C)c1cc(CCl)ccc1C(C)(C)C.CC(C)c1cc(COc2ccc([C@H](CC(=O)O)c3ccon3)cc2)ccc1C(C)(C)C.O=C(C[C@@H](c1ccc(O)cc1)c1ccon1)N1C(=O)OC[C@@H]1Cc1ccccc1. The molecule has 2 amide bonds. The predicted octanol–water partition coefficient (Wildman–Crippen LogP) is 15.3. The lowest BCUT2D eigenvalue weighted by molar-refractivity contribution is -0.137. The van der Waals surface area contributed by atoms with Crippen LogP contribution in [0.2, 0.25) is 0 Å². The molecule has 8 rings (SSSR count). The lowest BCUT2D eigenvalue weighted by Crippen LogP contribution is -2.40. The number of carbonyl (C=O) groups is 3. The van der Waals surface area contributed by atoms with Gasteiger partial charge in [0, 0.05) is 36.3 Å². The summed E-state index contributed by atoms with van der Waals surface area (Å²) in [6.45, 7) is 23.1.